The molecule has 1 aliphatic carbocycles. The van der Waals surface area contributed by atoms with Crippen molar-refractivity contribution in [2.45, 2.75) is 19.3 Å². The zero-order chi connectivity index (χ0) is 14.0. The van der Waals surface area contributed by atoms with Crippen molar-refractivity contribution in [1.82, 2.24) is 5.32 Å². The summed E-state index contributed by atoms with van der Waals surface area (Å²) in [6, 6.07) is 14.6. The van der Waals surface area contributed by atoms with E-state index in [4.69, 9.17) is 0 Å². The maximum Gasteiger partial charge on any atom is 0.228 e. The molecule has 0 radical (unpaired) electrons. The van der Waals surface area contributed by atoms with Gasteiger partial charge in [-0.05, 0) is 35.6 Å². The first-order valence-corrected chi connectivity index (χ1v) is 7.10. The summed E-state index contributed by atoms with van der Waals surface area (Å²) in [5, 5.41) is 14.6. The minimum Gasteiger partial charge on any atom is -0.395 e. The molecule has 3 heteroatoms. The molecule has 0 heterocycles. The zero-order valence-electron chi connectivity index (χ0n) is 11.4. The number of benzene rings is 2. The number of hydrogen-bond acceptors (Lipinski definition) is 2. The molecule has 2 N–H and O–H groups in total. The lowest BCUT2D eigenvalue weighted by atomic mass is 10.0. The van der Waals surface area contributed by atoms with Gasteiger partial charge in [0.2, 0.25) is 5.91 Å². The van der Waals surface area contributed by atoms with Gasteiger partial charge in [-0.15, -0.1) is 0 Å². The van der Waals surface area contributed by atoms with Crippen LogP contribution in [0.2, 0.25) is 0 Å². The van der Waals surface area contributed by atoms with Gasteiger partial charge in [-0.25, -0.2) is 0 Å². The van der Waals surface area contributed by atoms with Crippen LogP contribution in [0, 0.1) is 5.41 Å². The van der Waals surface area contributed by atoms with Gasteiger partial charge in [-0.3, -0.25) is 4.79 Å². The number of hydrogen-bond donors (Lipinski definition) is 2. The number of aliphatic hydroxyl groups excluding tert-OH is 1. The number of carbonyl (C=O) groups excluding carboxylic acids is 1. The van der Waals surface area contributed by atoms with Crippen LogP contribution >= 0.6 is 0 Å². The van der Waals surface area contributed by atoms with Gasteiger partial charge in [0.15, 0.2) is 0 Å². The Bertz CT molecular complexity index is 632. The van der Waals surface area contributed by atoms with Gasteiger partial charge in [0.25, 0.3) is 0 Å². The van der Waals surface area contributed by atoms with Crippen molar-refractivity contribution in [3.63, 3.8) is 0 Å². The third-order valence-corrected chi connectivity index (χ3v) is 4.15. The zero-order valence-corrected chi connectivity index (χ0v) is 11.4. The highest BCUT2D eigenvalue weighted by Gasteiger charge is 2.49. The molecule has 0 aliphatic heterocycles. The van der Waals surface area contributed by atoms with Crippen LogP contribution in [-0.4, -0.2) is 24.2 Å². The molecule has 0 atom stereocenters. The van der Waals surface area contributed by atoms with E-state index < -0.39 is 5.41 Å². The van der Waals surface area contributed by atoms with Crippen molar-refractivity contribution in [2.24, 2.45) is 5.41 Å². The number of nitrogens with one attached hydrogen (secondary N) is 1. The van der Waals surface area contributed by atoms with Crippen molar-refractivity contribution in [1.29, 1.82) is 0 Å². The molecule has 2 aromatic carbocycles. The number of aliphatic hydroxyl groups is 1. The lowest BCUT2D eigenvalue weighted by Crippen LogP contribution is -2.35. The molecular formula is C17H19NO2. The third-order valence-electron chi connectivity index (χ3n) is 4.15. The van der Waals surface area contributed by atoms with Crippen LogP contribution in [0.25, 0.3) is 10.8 Å². The summed E-state index contributed by atoms with van der Waals surface area (Å²) in [6.07, 6.45) is 2.44. The molecule has 104 valence electrons. The molecule has 0 spiro atoms. The van der Waals surface area contributed by atoms with Gasteiger partial charge in [0.1, 0.15) is 0 Å². The lowest BCUT2D eigenvalue weighted by Gasteiger charge is -2.12. The average molecular weight is 269 g/mol. The van der Waals surface area contributed by atoms with Crippen molar-refractivity contribution in [3.05, 3.63) is 48.0 Å². The summed E-state index contributed by atoms with van der Waals surface area (Å²) in [5.41, 5.74) is 0.751. The van der Waals surface area contributed by atoms with E-state index in [9.17, 15) is 9.90 Å². The summed E-state index contributed by atoms with van der Waals surface area (Å²) >= 11 is 0. The maximum absolute atomic E-state index is 11.9. The van der Waals surface area contributed by atoms with Crippen LogP contribution in [0.15, 0.2) is 42.5 Å². The SMILES string of the molecule is O=C(NCCc1ccc2ccccc2c1)C1(CO)CC1. The highest BCUT2D eigenvalue weighted by atomic mass is 16.3. The number of amides is 1. The van der Waals surface area contributed by atoms with E-state index in [2.05, 4.69) is 35.6 Å². The van der Waals surface area contributed by atoms with Gasteiger partial charge in [0.05, 0.1) is 12.0 Å². The fourth-order valence-corrected chi connectivity index (χ4v) is 2.51. The Balaban J connectivity index is 1.58. The van der Waals surface area contributed by atoms with E-state index >= 15 is 0 Å². The predicted molar refractivity (Wildman–Crippen MR) is 79.4 cm³/mol. The Labute approximate surface area is 118 Å². The molecular weight excluding hydrogens is 250 g/mol. The molecule has 2 aromatic rings. The molecule has 20 heavy (non-hydrogen) atoms. The summed E-state index contributed by atoms with van der Waals surface area (Å²) in [4.78, 5) is 11.9. The minimum atomic E-state index is -0.469. The van der Waals surface area contributed by atoms with Gasteiger partial charge in [0, 0.05) is 6.54 Å². The molecule has 1 amide bonds. The van der Waals surface area contributed by atoms with Crippen molar-refractivity contribution >= 4 is 16.7 Å². The molecule has 1 aliphatic rings. The molecule has 1 fully saturated rings. The summed E-state index contributed by atoms with van der Waals surface area (Å²) in [5.74, 6) is 0.000731. The Hall–Kier alpha value is -1.87. The first kappa shape index (κ1) is 13.1. The number of carbonyl (C=O) groups is 1. The smallest absolute Gasteiger partial charge is 0.228 e. The van der Waals surface area contributed by atoms with Crippen molar-refractivity contribution in [3.8, 4) is 0 Å². The van der Waals surface area contributed by atoms with E-state index in [1.807, 2.05) is 12.1 Å². The van der Waals surface area contributed by atoms with Gasteiger partial charge in [-0.2, -0.15) is 0 Å². The number of fused-ring (bicyclic) bond motifs is 1. The fraction of sp³-hybridized carbons (Fsp3) is 0.353. The second-order valence-corrected chi connectivity index (χ2v) is 5.63. The molecule has 0 bridgehead atoms. The average Bonchev–Trinajstić information content (AvgIpc) is 3.28. The van der Waals surface area contributed by atoms with E-state index in [0.717, 1.165) is 19.3 Å². The molecule has 3 nitrogen and oxygen atoms in total. The first-order valence-electron chi connectivity index (χ1n) is 7.10. The predicted octanol–water partition coefficient (Wildman–Crippen LogP) is 2.27. The fourth-order valence-electron chi connectivity index (χ4n) is 2.51. The van der Waals surface area contributed by atoms with E-state index in [1.54, 1.807) is 0 Å². The molecule has 3 rings (SSSR count). The van der Waals surface area contributed by atoms with Gasteiger partial charge >= 0.3 is 0 Å². The van der Waals surface area contributed by atoms with Crippen LogP contribution in [0.3, 0.4) is 0 Å². The topological polar surface area (TPSA) is 49.3 Å². The second-order valence-electron chi connectivity index (χ2n) is 5.63. The van der Waals surface area contributed by atoms with Crippen LogP contribution in [0.4, 0.5) is 0 Å². The Morgan fingerprint density at radius 3 is 2.60 bits per heavy atom. The summed E-state index contributed by atoms with van der Waals surface area (Å²) < 4.78 is 0. The Kier molecular flexibility index (Phi) is 3.45. The van der Waals surface area contributed by atoms with E-state index in [-0.39, 0.29) is 12.5 Å². The highest BCUT2D eigenvalue weighted by molar-refractivity contribution is 5.85. The summed E-state index contributed by atoms with van der Waals surface area (Å²) in [7, 11) is 0. The van der Waals surface area contributed by atoms with Crippen LogP contribution in [0.5, 0.6) is 0 Å². The Morgan fingerprint density at radius 2 is 1.90 bits per heavy atom. The normalized spacial score (nSPS) is 16.1. The molecule has 0 saturated heterocycles. The largest absolute Gasteiger partial charge is 0.395 e. The highest BCUT2D eigenvalue weighted by Crippen LogP contribution is 2.45. The van der Waals surface area contributed by atoms with Crippen molar-refractivity contribution < 1.29 is 9.90 Å². The standard InChI is InChI=1S/C17H19NO2/c19-12-17(8-9-17)16(20)18-10-7-13-5-6-14-3-1-2-4-15(14)11-13/h1-6,11,19H,7-10,12H2,(H,18,20). The second kappa shape index (κ2) is 5.25. The van der Waals surface area contributed by atoms with Crippen LogP contribution in [-0.2, 0) is 11.2 Å². The van der Waals surface area contributed by atoms with Gasteiger partial charge in [-0.1, -0.05) is 42.5 Å². The van der Waals surface area contributed by atoms with Gasteiger partial charge < -0.3 is 10.4 Å². The number of rotatable bonds is 5. The quantitative estimate of drug-likeness (QED) is 0.875. The van der Waals surface area contributed by atoms with E-state index in [0.29, 0.717) is 6.54 Å². The molecule has 0 aromatic heterocycles. The van der Waals surface area contributed by atoms with E-state index in [1.165, 1.54) is 16.3 Å². The Morgan fingerprint density at radius 1 is 1.15 bits per heavy atom. The molecule has 0 unspecified atom stereocenters. The summed E-state index contributed by atoms with van der Waals surface area (Å²) in [6.45, 7) is 0.591. The minimum absolute atomic E-state index is 0.000731. The molecule has 1 saturated carbocycles. The lowest BCUT2D eigenvalue weighted by molar-refractivity contribution is -0.127. The monoisotopic (exact) mass is 269 g/mol. The van der Waals surface area contributed by atoms with Crippen LogP contribution < -0.4 is 5.32 Å². The third kappa shape index (κ3) is 2.54. The van der Waals surface area contributed by atoms with Crippen molar-refractivity contribution in [2.75, 3.05) is 13.2 Å². The van der Waals surface area contributed by atoms with Crippen LogP contribution in [0.1, 0.15) is 18.4 Å². The maximum atomic E-state index is 11.9. The first-order chi connectivity index (χ1) is 9.73.